The van der Waals surface area contributed by atoms with Gasteiger partial charge in [-0.15, -0.1) is 5.10 Å². The van der Waals surface area contributed by atoms with Gasteiger partial charge in [0, 0.05) is 13.0 Å². The molecule has 0 aliphatic heterocycles. The number of halogens is 1. The lowest BCUT2D eigenvalue weighted by Crippen LogP contribution is -2.33. The van der Waals surface area contributed by atoms with Crippen molar-refractivity contribution in [3.8, 4) is 0 Å². The molecule has 0 bridgehead atoms. The van der Waals surface area contributed by atoms with E-state index >= 15 is 0 Å². The smallest absolute Gasteiger partial charge is 0.407 e. The minimum absolute atomic E-state index is 0.0545. The molecule has 0 atom stereocenters. The molecule has 10 heteroatoms. The number of hydrogen-bond acceptors (Lipinski definition) is 7. The molecule has 0 aliphatic rings. The minimum atomic E-state index is -3.89. The highest BCUT2D eigenvalue weighted by atomic mass is 32.2. The number of alkyl carbamates (subject to hydrolysis) is 1. The highest BCUT2D eigenvalue weighted by molar-refractivity contribution is 7.90. The third kappa shape index (κ3) is 6.10. The number of aromatic nitrogens is 2. The van der Waals surface area contributed by atoms with E-state index in [0.717, 1.165) is 6.07 Å². The molecule has 0 aliphatic carbocycles. The van der Waals surface area contributed by atoms with Crippen LogP contribution in [0.15, 0.2) is 33.9 Å². The second kappa shape index (κ2) is 7.81. The third-order valence-electron chi connectivity index (χ3n) is 2.97. The molecular weight excluding hydrogens is 365 g/mol. The number of nitrogens with zero attached hydrogens (tertiary/aromatic N) is 2. The number of rotatable bonds is 6. The number of amides is 1. The molecule has 0 saturated heterocycles. The van der Waals surface area contributed by atoms with Gasteiger partial charge < -0.3 is 14.5 Å². The summed E-state index contributed by atoms with van der Waals surface area (Å²) in [5.41, 5.74) is -0.344. The lowest BCUT2D eigenvalue weighted by atomic mass is 10.2. The molecule has 0 unspecified atom stereocenters. The summed E-state index contributed by atoms with van der Waals surface area (Å²) in [5.74, 6) is -0.932. The van der Waals surface area contributed by atoms with Crippen LogP contribution in [0.4, 0.5) is 9.18 Å². The summed E-state index contributed by atoms with van der Waals surface area (Å²) in [4.78, 5) is 11.5. The standard InChI is InChI=1S/C16H20FN3O5S/c1-16(2,3)25-14(21)18-8-7-13-19-20-15(24-13)26(22,23)10-11-5-4-6-12(17)9-11/h4-6,9H,7-8,10H2,1-3H3,(H,18,21). The zero-order chi connectivity index (χ0) is 19.4. The van der Waals surface area contributed by atoms with Crippen molar-refractivity contribution in [2.45, 2.75) is 43.8 Å². The minimum Gasteiger partial charge on any atom is -0.444 e. The molecule has 26 heavy (non-hydrogen) atoms. The summed E-state index contributed by atoms with van der Waals surface area (Å²) in [6.45, 7) is 5.35. The van der Waals surface area contributed by atoms with Gasteiger partial charge in [0.15, 0.2) is 0 Å². The fourth-order valence-corrected chi connectivity index (χ4v) is 3.09. The van der Waals surface area contributed by atoms with Gasteiger partial charge >= 0.3 is 11.3 Å². The Balaban J connectivity index is 1.93. The Morgan fingerprint density at radius 2 is 2.04 bits per heavy atom. The van der Waals surface area contributed by atoms with Crippen molar-refractivity contribution in [3.05, 3.63) is 41.5 Å². The first-order chi connectivity index (χ1) is 12.0. The fourth-order valence-electron chi connectivity index (χ4n) is 1.96. The maximum atomic E-state index is 13.2. The van der Waals surface area contributed by atoms with E-state index in [0.29, 0.717) is 0 Å². The summed E-state index contributed by atoms with van der Waals surface area (Å²) in [6.07, 6.45) is -0.460. The second-order valence-corrected chi connectivity index (χ2v) is 8.40. The van der Waals surface area contributed by atoms with Crippen LogP contribution in [0.3, 0.4) is 0 Å². The summed E-state index contributed by atoms with van der Waals surface area (Å²) in [5, 5.41) is 9.13. The number of carbonyl (C=O) groups excluding carboxylic acids is 1. The van der Waals surface area contributed by atoms with Gasteiger partial charge in [-0.05, 0) is 38.5 Å². The van der Waals surface area contributed by atoms with Gasteiger partial charge in [0.2, 0.25) is 15.7 Å². The molecule has 8 nitrogen and oxygen atoms in total. The Labute approximate surface area is 150 Å². The van der Waals surface area contributed by atoms with Crippen LogP contribution in [0.1, 0.15) is 32.2 Å². The normalized spacial score (nSPS) is 12.0. The van der Waals surface area contributed by atoms with E-state index in [1.165, 1.54) is 18.2 Å². The maximum Gasteiger partial charge on any atom is 0.407 e. The molecular formula is C16H20FN3O5S. The maximum absolute atomic E-state index is 13.2. The molecule has 2 rings (SSSR count). The van der Waals surface area contributed by atoms with E-state index in [1.54, 1.807) is 20.8 Å². The van der Waals surface area contributed by atoms with Gasteiger partial charge in [0.25, 0.3) is 0 Å². The monoisotopic (exact) mass is 385 g/mol. The van der Waals surface area contributed by atoms with Gasteiger partial charge in [-0.2, -0.15) is 0 Å². The molecule has 1 heterocycles. The van der Waals surface area contributed by atoms with E-state index in [4.69, 9.17) is 9.15 Å². The Hall–Kier alpha value is -2.49. The van der Waals surface area contributed by atoms with E-state index in [-0.39, 0.29) is 24.4 Å². The van der Waals surface area contributed by atoms with Crippen LogP contribution in [-0.2, 0) is 26.7 Å². The van der Waals surface area contributed by atoms with Gasteiger partial charge in [-0.1, -0.05) is 17.2 Å². The Morgan fingerprint density at radius 3 is 2.69 bits per heavy atom. The number of ether oxygens (including phenoxy) is 1. The molecule has 142 valence electrons. The van der Waals surface area contributed by atoms with Crippen molar-refractivity contribution < 1.29 is 26.8 Å². The summed E-state index contributed by atoms with van der Waals surface area (Å²) in [6, 6.07) is 5.25. The highest BCUT2D eigenvalue weighted by Gasteiger charge is 2.23. The van der Waals surface area contributed by atoms with Crippen LogP contribution in [0, 0.1) is 5.82 Å². The molecule has 0 saturated carbocycles. The highest BCUT2D eigenvalue weighted by Crippen LogP contribution is 2.16. The Morgan fingerprint density at radius 1 is 1.31 bits per heavy atom. The van der Waals surface area contributed by atoms with Crippen molar-refractivity contribution in [3.63, 3.8) is 0 Å². The van der Waals surface area contributed by atoms with Gasteiger partial charge in [-0.25, -0.2) is 17.6 Å². The predicted molar refractivity (Wildman–Crippen MR) is 89.5 cm³/mol. The molecule has 0 fully saturated rings. The average Bonchev–Trinajstić information content (AvgIpc) is 2.94. The Kier molecular flexibility index (Phi) is 5.96. The van der Waals surface area contributed by atoms with Gasteiger partial charge in [0.05, 0.1) is 5.75 Å². The van der Waals surface area contributed by atoms with Crippen LogP contribution in [0.2, 0.25) is 0 Å². The van der Waals surface area contributed by atoms with Crippen LogP contribution in [-0.4, -0.2) is 36.9 Å². The number of hydrogen-bond donors (Lipinski definition) is 1. The van der Waals surface area contributed by atoms with Crippen molar-refractivity contribution in [1.82, 2.24) is 15.5 Å². The summed E-state index contributed by atoms with van der Waals surface area (Å²) < 4.78 is 47.9. The van der Waals surface area contributed by atoms with Gasteiger partial charge in [0.1, 0.15) is 11.4 Å². The molecule has 0 radical (unpaired) electrons. The average molecular weight is 385 g/mol. The van der Waals surface area contributed by atoms with E-state index < -0.39 is 38.3 Å². The van der Waals surface area contributed by atoms with E-state index in [1.807, 2.05) is 0 Å². The summed E-state index contributed by atoms with van der Waals surface area (Å²) >= 11 is 0. The molecule has 1 aromatic heterocycles. The number of nitrogens with one attached hydrogen (secondary N) is 1. The van der Waals surface area contributed by atoms with Crippen LogP contribution >= 0.6 is 0 Å². The van der Waals surface area contributed by atoms with E-state index in [9.17, 15) is 17.6 Å². The van der Waals surface area contributed by atoms with Crippen molar-refractivity contribution >= 4 is 15.9 Å². The zero-order valence-electron chi connectivity index (χ0n) is 14.7. The fraction of sp³-hybridized carbons (Fsp3) is 0.438. The Bertz CT molecular complexity index is 874. The second-order valence-electron chi connectivity index (χ2n) is 6.53. The van der Waals surface area contributed by atoms with Crippen molar-refractivity contribution in [2.75, 3.05) is 6.54 Å². The molecule has 0 spiro atoms. The first kappa shape index (κ1) is 19.8. The topological polar surface area (TPSA) is 111 Å². The van der Waals surface area contributed by atoms with Crippen LogP contribution < -0.4 is 5.32 Å². The molecule has 2 aromatic rings. The van der Waals surface area contributed by atoms with Crippen LogP contribution in [0.25, 0.3) is 0 Å². The summed E-state index contributed by atoms with van der Waals surface area (Å²) in [7, 11) is -3.89. The molecule has 1 N–H and O–H groups in total. The van der Waals surface area contributed by atoms with Crippen molar-refractivity contribution in [2.24, 2.45) is 0 Å². The number of carbonyl (C=O) groups is 1. The molecule has 1 amide bonds. The SMILES string of the molecule is CC(C)(C)OC(=O)NCCc1nnc(S(=O)(=O)Cc2cccc(F)c2)o1. The number of sulfone groups is 1. The van der Waals surface area contributed by atoms with E-state index in [2.05, 4.69) is 15.5 Å². The third-order valence-corrected chi connectivity index (χ3v) is 4.38. The first-order valence-corrected chi connectivity index (χ1v) is 9.47. The number of benzene rings is 1. The molecule has 1 aromatic carbocycles. The predicted octanol–water partition coefficient (Wildman–Crippen LogP) is 2.25. The quantitative estimate of drug-likeness (QED) is 0.812. The van der Waals surface area contributed by atoms with Crippen LogP contribution in [0.5, 0.6) is 0 Å². The zero-order valence-corrected chi connectivity index (χ0v) is 15.5. The first-order valence-electron chi connectivity index (χ1n) is 7.81. The lowest BCUT2D eigenvalue weighted by molar-refractivity contribution is 0.0527. The lowest BCUT2D eigenvalue weighted by Gasteiger charge is -2.19. The van der Waals surface area contributed by atoms with Gasteiger partial charge in [-0.3, -0.25) is 0 Å². The largest absolute Gasteiger partial charge is 0.444 e. The van der Waals surface area contributed by atoms with Crippen molar-refractivity contribution in [1.29, 1.82) is 0 Å².